The van der Waals surface area contributed by atoms with Crippen LogP contribution in [0.4, 0.5) is 0 Å². The first-order valence-corrected chi connectivity index (χ1v) is 8.35. The van der Waals surface area contributed by atoms with Gasteiger partial charge in [0.15, 0.2) is 0 Å². The quantitative estimate of drug-likeness (QED) is 0.674. The Morgan fingerprint density at radius 3 is 2.83 bits per heavy atom. The lowest BCUT2D eigenvalue weighted by atomic mass is 10.2. The average Bonchev–Trinajstić information content (AvgIpc) is 3.04. The summed E-state index contributed by atoms with van der Waals surface area (Å²) in [4.78, 5) is 15.2. The van der Waals surface area contributed by atoms with Crippen LogP contribution in [0.2, 0.25) is 0 Å². The van der Waals surface area contributed by atoms with Gasteiger partial charge in [-0.15, -0.1) is 0 Å². The Morgan fingerprint density at radius 2 is 2.22 bits per heavy atom. The van der Waals surface area contributed by atoms with Crippen LogP contribution in [0.25, 0.3) is 0 Å². The Bertz CT molecular complexity index is 772. The Morgan fingerprint density at radius 1 is 1.43 bits per heavy atom. The van der Waals surface area contributed by atoms with Gasteiger partial charge in [-0.3, -0.25) is 4.79 Å². The number of rotatable bonds is 8. The van der Waals surface area contributed by atoms with Crippen LogP contribution >= 0.6 is 0 Å². The molecule has 0 radical (unpaired) electrons. The van der Waals surface area contributed by atoms with Gasteiger partial charge in [0.25, 0.3) is 5.91 Å². The van der Waals surface area contributed by atoms with E-state index in [1.54, 1.807) is 18.7 Å². The molecule has 124 valence electrons. The molecule has 0 aliphatic carbocycles. The fraction of sp³-hybridized carbons (Fsp3) is 0.286. The lowest BCUT2D eigenvalue weighted by Crippen LogP contribution is -2.26. The molecule has 8 nitrogen and oxygen atoms in total. The zero-order valence-electron chi connectivity index (χ0n) is 12.6. The molecule has 1 aromatic carbocycles. The molecule has 0 saturated carbocycles. The van der Waals surface area contributed by atoms with Crippen molar-refractivity contribution in [1.82, 2.24) is 14.3 Å². The summed E-state index contributed by atoms with van der Waals surface area (Å²) in [5.74, 6) is -0.518. The summed E-state index contributed by atoms with van der Waals surface area (Å²) >= 11 is 0. The number of hydrogen-bond donors (Lipinski definition) is 2. The summed E-state index contributed by atoms with van der Waals surface area (Å²) in [6, 6.07) is 3.98. The normalized spacial score (nSPS) is 11.3. The molecule has 23 heavy (non-hydrogen) atoms. The highest BCUT2D eigenvalue weighted by Gasteiger charge is 2.18. The number of nitrogens with two attached hydrogens (primary N) is 1. The van der Waals surface area contributed by atoms with Crippen LogP contribution in [0.15, 0.2) is 41.8 Å². The number of nitrogens with zero attached hydrogens (tertiary/aromatic N) is 2. The van der Waals surface area contributed by atoms with Crippen LogP contribution in [0, 0.1) is 0 Å². The van der Waals surface area contributed by atoms with Crippen LogP contribution in [0.5, 0.6) is 5.75 Å². The number of carbonyl (C=O) groups excluding carboxylic acids is 1. The van der Waals surface area contributed by atoms with Gasteiger partial charge in [-0.05, 0) is 24.6 Å². The molecule has 0 aliphatic rings. The van der Waals surface area contributed by atoms with Gasteiger partial charge < -0.3 is 15.0 Å². The van der Waals surface area contributed by atoms with E-state index < -0.39 is 15.9 Å². The first-order chi connectivity index (χ1) is 10.9. The molecule has 0 atom stereocenters. The number of aromatic nitrogens is 2. The molecule has 1 heterocycles. The Balaban J connectivity index is 2.04. The van der Waals surface area contributed by atoms with Gasteiger partial charge in [0.2, 0.25) is 10.0 Å². The van der Waals surface area contributed by atoms with E-state index in [-0.39, 0.29) is 22.8 Å². The van der Waals surface area contributed by atoms with Crippen LogP contribution in [-0.2, 0) is 16.6 Å². The highest BCUT2D eigenvalue weighted by Crippen LogP contribution is 2.21. The lowest BCUT2D eigenvalue weighted by molar-refractivity contribution is 0.0997. The average molecular weight is 338 g/mol. The van der Waals surface area contributed by atoms with E-state index in [4.69, 9.17) is 10.5 Å². The SMILES string of the molecule is COc1ccc(S(=O)(=O)NCCCn2ccnc2)cc1C(N)=O. The molecule has 2 rings (SSSR count). The van der Waals surface area contributed by atoms with Crippen LogP contribution < -0.4 is 15.2 Å². The van der Waals surface area contributed by atoms with Crippen molar-refractivity contribution in [3.8, 4) is 5.75 Å². The van der Waals surface area contributed by atoms with E-state index >= 15 is 0 Å². The van der Waals surface area contributed by atoms with E-state index in [2.05, 4.69) is 9.71 Å². The van der Waals surface area contributed by atoms with Gasteiger partial charge in [0.05, 0.1) is 23.9 Å². The molecule has 9 heteroatoms. The summed E-state index contributed by atoms with van der Waals surface area (Å²) in [6.07, 6.45) is 5.73. The first kappa shape index (κ1) is 17.0. The van der Waals surface area contributed by atoms with Gasteiger partial charge in [0.1, 0.15) is 5.75 Å². The fourth-order valence-electron chi connectivity index (χ4n) is 2.02. The van der Waals surface area contributed by atoms with Crippen molar-refractivity contribution in [2.24, 2.45) is 5.73 Å². The second-order valence-electron chi connectivity index (χ2n) is 4.78. The second-order valence-corrected chi connectivity index (χ2v) is 6.55. The van der Waals surface area contributed by atoms with Crippen molar-refractivity contribution in [3.05, 3.63) is 42.5 Å². The highest BCUT2D eigenvalue weighted by atomic mass is 32.2. The number of ether oxygens (including phenoxy) is 1. The number of amides is 1. The number of carbonyl (C=O) groups is 1. The number of hydrogen-bond acceptors (Lipinski definition) is 5. The number of methoxy groups -OCH3 is 1. The summed E-state index contributed by atoms with van der Waals surface area (Å²) in [7, 11) is -2.34. The molecule has 0 aliphatic heterocycles. The topological polar surface area (TPSA) is 116 Å². The second kappa shape index (κ2) is 7.25. The molecule has 0 fully saturated rings. The predicted molar refractivity (Wildman–Crippen MR) is 83.5 cm³/mol. The number of imidazole rings is 1. The monoisotopic (exact) mass is 338 g/mol. The fourth-order valence-corrected chi connectivity index (χ4v) is 3.12. The van der Waals surface area contributed by atoms with Crippen molar-refractivity contribution >= 4 is 15.9 Å². The van der Waals surface area contributed by atoms with Gasteiger partial charge in [0, 0.05) is 25.5 Å². The molecule has 0 unspecified atom stereocenters. The highest BCUT2D eigenvalue weighted by molar-refractivity contribution is 7.89. The molecule has 0 saturated heterocycles. The maximum absolute atomic E-state index is 12.2. The molecule has 0 bridgehead atoms. The minimum absolute atomic E-state index is 0.0220. The Hall–Kier alpha value is -2.39. The van der Waals surface area contributed by atoms with Crippen LogP contribution in [-0.4, -0.2) is 37.5 Å². The minimum Gasteiger partial charge on any atom is -0.496 e. The van der Waals surface area contributed by atoms with Crippen LogP contribution in [0.3, 0.4) is 0 Å². The first-order valence-electron chi connectivity index (χ1n) is 6.87. The predicted octanol–water partition coefficient (Wildman–Crippen LogP) is 0.359. The summed E-state index contributed by atoms with van der Waals surface area (Å²) < 4.78 is 33.8. The zero-order valence-corrected chi connectivity index (χ0v) is 13.4. The minimum atomic E-state index is -3.72. The number of benzene rings is 1. The van der Waals surface area contributed by atoms with E-state index in [1.165, 1.54) is 25.3 Å². The Kier molecular flexibility index (Phi) is 5.35. The summed E-state index contributed by atoms with van der Waals surface area (Å²) in [5, 5.41) is 0. The van der Waals surface area contributed by atoms with Gasteiger partial charge in [-0.2, -0.15) is 0 Å². The molecule has 3 N–H and O–H groups in total. The van der Waals surface area contributed by atoms with Crippen LogP contribution in [0.1, 0.15) is 16.8 Å². The standard InChI is InChI=1S/C14H18N4O4S/c1-22-13-4-3-11(9-12(13)14(15)19)23(20,21)17-5-2-7-18-8-6-16-10-18/h3-4,6,8-10,17H,2,5,7H2,1H3,(H2,15,19). The van der Waals surface area contributed by atoms with Crippen molar-refractivity contribution in [1.29, 1.82) is 0 Å². The van der Waals surface area contributed by atoms with Crippen molar-refractivity contribution in [2.45, 2.75) is 17.9 Å². The maximum Gasteiger partial charge on any atom is 0.252 e. The summed E-state index contributed by atoms with van der Waals surface area (Å²) in [5.41, 5.74) is 5.26. The number of nitrogens with one attached hydrogen (secondary N) is 1. The molecule has 1 aromatic heterocycles. The largest absolute Gasteiger partial charge is 0.496 e. The van der Waals surface area contributed by atoms with Gasteiger partial charge in [-0.25, -0.2) is 18.1 Å². The van der Waals surface area contributed by atoms with E-state index in [1.807, 2.05) is 4.57 Å². The maximum atomic E-state index is 12.2. The smallest absolute Gasteiger partial charge is 0.252 e. The van der Waals surface area contributed by atoms with Crippen molar-refractivity contribution in [2.75, 3.05) is 13.7 Å². The Labute approximate surface area is 134 Å². The number of sulfonamides is 1. The van der Waals surface area contributed by atoms with E-state index in [0.717, 1.165) is 0 Å². The summed E-state index contributed by atoms with van der Waals surface area (Å²) in [6.45, 7) is 0.913. The molecular formula is C14H18N4O4S. The van der Waals surface area contributed by atoms with Gasteiger partial charge >= 0.3 is 0 Å². The lowest BCUT2D eigenvalue weighted by Gasteiger charge is -2.10. The molecule has 1 amide bonds. The van der Waals surface area contributed by atoms with Crippen molar-refractivity contribution in [3.63, 3.8) is 0 Å². The third-order valence-electron chi connectivity index (χ3n) is 3.19. The molecular weight excluding hydrogens is 320 g/mol. The molecule has 0 spiro atoms. The van der Waals surface area contributed by atoms with Crippen molar-refractivity contribution < 1.29 is 17.9 Å². The van der Waals surface area contributed by atoms with Gasteiger partial charge in [-0.1, -0.05) is 0 Å². The zero-order chi connectivity index (χ0) is 16.9. The molecule has 2 aromatic rings. The number of primary amides is 1. The third-order valence-corrected chi connectivity index (χ3v) is 4.65. The number of aryl methyl sites for hydroxylation is 1. The van der Waals surface area contributed by atoms with E-state index in [9.17, 15) is 13.2 Å². The third kappa shape index (κ3) is 4.30. The van der Waals surface area contributed by atoms with E-state index in [0.29, 0.717) is 13.0 Å².